The SMILES string of the molecule is COC(=O)C1CCC[C@H]2CN3CCc4c(n(O)c5ccccc45)[C@@H]3C[C@H]12. The lowest BCUT2D eigenvalue weighted by molar-refractivity contribution is -0.152. The second-order valence-corrected chi connectivity index (χ2v) is 8.17. The summed E-state index contributed by atoms with van der Waals surface area (Å²) >= 11 is 0. The fourth-order valence-corrected chi connectivity index (χ4v) is 5.92. The van der Waals surface area contributed by atoms with Crippen LogP contribution in [0.4, 0.5) is 0 Å². The molecule has 1 aliphatic carbocycles. The summed E-state index contributed by atoms with van der Waals surface area (Å²) in [6, 6.07) is 8.31. The predicted molar refractivity (Wildman–Crippen MR) is 98.1 cm³/mol. The minimum atomic E-state index is -0.0475. The maximum atomic E-state index is 12.3. The van der Waals surface area contributed by atoms with Gasteiger partial charge in [0.15, 0.2) is 0 Å². The minimum Gasteiger partial charge on any atom is -0.469 e. The highest BCUT2D eigenvalue weighted by Crippen LogP contribution is 2.49. The Morgan fingerprint density at radius 2 is 2.12 bits per heavy atom. The van der Waals surface area contributed by atoms with Crippen LogP contribution in [0.5, 0.6) is 0 Å². The molecule has 138 valence electrons. The maximum Gasteiger partial charge on any atom is 0.308 e. The number of hydrogen-bond acceptors (Lipinski definition) is 4. The molecule has 2 fully saturated rings. The van der Waals surface area contributed by atoms with Gasteiger partial charge >= 0.3 is 5.97 Å². The molecule has 1 N–H and O–H groups in total. The fraction of sp³-hybridized carbons (Fsp3) is 0.571. The highest BCUT2D eigenvalue weighted by Gasteiger charge is 2.47. The van der Waals surface area contributed by atoms with Gasteiger partial charge in [-0.15, -0.1) is 0 Å². The van der Waals surface area contributed by atoms with E-state index in [2.05, 4.69) is 11.0 Å². The van der Waals surface area contributed by atoms with Crippen molar-refractivity contribution in [1.82, 2.24) is 9.63 Å². The lowest BCUT2D eigenvalue weighted by atomic mass is 9.66. The number of aromatic nitrogens is 1. The van der Waals surface area contributed by atoms with Gasteiger partial charge in [-0.3, -0.25) is 9.69 Å². The molecule has 1 aromatic carbocycles. The summed E-state index contributed by atoms with van der Waals surface area (Å²) in [4.78, 5) is 14.9. The van der Waals surface area contributed by atoms with Crippen LogP contribution in [-0.4, -0.2) is 41.0 Å². The van der Waals surface area contributed by atoms with Gasteiger partial charge < -0.3 is 9.94 Å². The molecule has 1 saturated carbocycles. The van der Waals surface area contributed by atoms with E-state index in [1.807, 2.05) is 18.2 Å². The Hall–Kier alpha value is -2.01. The van der Waals surface area contributed by atoms with Crippen molar-refractivity contribution in [3.63, 3.8) is 0 Å². The quantitative estimate of drug-likeness (QED) is 0.630. The largest absolute Gasteiger partial charge is 0.469 e. The molecule has 26 heavy (non-hydrogen) atoms. The van der Waals surface area contributed by atoms with Gasteiger partial charge in [-0.25, -0.2) is 0 Å². The molecule has 5 rings (SSSR count). The second kappa shape index (κ2) is 6.02. The Labute approximate surface area is 153 Å². The van der Waals surface area contributed by atoms with E-state index >= 15 is 0 Å². The molecule has 5 nitrogen and oxygen atoms in total. The van der Waals surface area contributed by atoms with Crippen LogP contribution >= 0.6 is 0 Å². The Morgan fingerprint density at radius 3 is 2.96 bits per heavy atom. The zero-order valence-electron chi connectivity index (χ0n) is 15.2. The van der Waals surface area contributed by atoms with Gasteiger partial charge in [0.25, 0.3) is 0 Å². The molecule has 3 aliphatic rings. The predicted octanol–water partition coefficient (Wildman–Crippen LogP) is 3.39. The van der Waals surface area contributed by atoms with Crippen molar-refractivity contribution >= 4 is 16.9 Å². The third-order valence-electron chi connectivity index (χ3n) is 7.08. The molecule has 0 bridgehead atoms. The number of benzene rings is 1. The van der Waals surface area contributed by atoms with Crippen LogP contribution in [-0.2, 0) is 16.0 Å². The van der Waals surface area contributed by atoms with E-state index < -0.39 is 0 Å². The van der Waals surface area contributed by atoms with Crippen LogP contribution in [0.25, 0.3) is 10.9 Å². The van der Waals surface area contributed by atoms with Gasteiger partial charge in [0.05, 0.1) is 30.3 Å². The summed E-state index contributed by atoms with van der Waals surface area (Å²) in [6.07, 6.45) is 5.18. The van der Waals surface area contributed by atoms with Crippen molar-refractivity contribution < 1.29 is 14.7 Å². The van der Waals surface area contributed by atoms with E-state index in [0.717, 1.165) is 50.0 Å². The monoisotopic (exact) mass is 354 g/mol. The molecule has 1 unspecified atom stereocenters. The van der Waals surface area contributed by atoms with Crippen molar-refractivity contribution in [2.75, 3.05) is 20.2 Å². The number of para-hydroxylation sites is 1. The second-order valence-electron chi connectivity index (χ2n) is 8.17. The van der Waals surface area contributed by atoms with Gasteiger partial charge in [-0.05, 0) is 49.1 Å². The zero-order chi connectivity index (χ0) is 17.8. The molecule has 0 radical (unpaired) electrons. The molecule has 2 aromatic rings. The summed E-state index contributed by atoms with van der Waals surface area (Å²) in [5.41, 5.74) is 3.23. The van der Waals surface area contributed by atoms with E-state index in [4.69, 9.17) is 4.74 Å². The van der Waals surface area contributed by atoms with Crippen molar-refractivity contribution in [2.45, 2.75) is 38.1 Å². The highest BCUT2D eigenvalue weighted by atomic mass is 16.5. The van der Waals surface area contributed by atoms with Crippen LogP contribution in [0.2, 0.25) is 0 Å². The van der Waals surface area contributed by atoms with Crippen LogP contribution < -0.4 is 0 Å². The third kappa shape index (κ3) is 2.22. The number of nitrogens with zero attached hydrogens (tertiary/aromatic N) is 2. The number of ether oxygens (including phenoxy) is 1. The standard InChI is InChI=1S/C21H26N2O3/c1-26-21(24)16-7-4-5-13-12-22-10-9-15-14-6-2-3-8-18(14)23(25)20(15)19(22)11-17(13)16/h2-3,6,8,13,16-17,19,25H,4-5,7,9-12H2,1H3/t13-,16?,17-,19-/m0/s1. The van der Waals surface area contributed by atoms with Crippen LogP contribution in [0.3, 0.4) is 0 Å². The van der Waals surface area contributed by atoms with Crippen molar-refractivity contribution in [3.05, 3.63) is 35.5 Å². The van der Waals surface area contributed by atoms with Crippen LogP contribution in [0, 0.1) is 17.8 Å². The minimum absolute atomic E-state index is 0.0165. The Morgan fingerprint density at radius 1 is 1.27 bits per heavy atom. The molecule has 4 atom stereocenters. The van der Waals surface area contributed by atoms with Gasteiger partial charge in [0, 0.05) is 18.5 Å². The normalized spacial score (nSPS) is 31.1. The summed E-state index contributed by atoms with van der Waals surface area (Å²) in [5.74, 6) is 0.903. The molecule has 5 heteroatoms. The Kier molecular flexibility index (Phi) is 3.74. The molecule has 0 amide bonds. The van der Waals surface area contributed by atoms with E-state index in [0.29, 0.717) is 11.8 Å². The molecule has 2 aliphatic heterocycles. The summed E-state index contributed by atoms with van der Waals surface area (Å²) in [7, 11) is 1.51. The van der Waals surface area contributed by atoms with E-state index in [9.17, 15) is 10.0 Å². The zero-order valence-corrected chi connectivity index (χ0v) is 15.2. The smallest absolute Gasteiger partial charge is 0.308 e. The van der Waals surface area contributed by atoms with Crippen molar-refractivity contribution in [1.29, 1.82) is 0 Å². The number of methoxy groups -OCH3 is 1. The van der Waals surface area contributed by atoms with Gasteiger partial charge in [-0.2, -0.15) is 4.73 Å². The summed E-state index contributed by atoms with van der Waals surface area (Å²) in [5, 5.41) is 12.1. The first-order valence-electron chi connectivity index (χ1n) is 9.82. The number of rotatable bonds is 1. The average Bonchev–Trinajstić information content (AvgIpc) is 2.98. The van der Waals surface area contributed by atoms with Crippen molar-refractivity contribution in [3.8, 4) is 0 Å². The number of carbonyl (C=O) groups is 1. The van der Waals surface area contributed by atoms with E-state index in [1.54, 1.807) is 0 Å². The number of piperidine rings is 1. The van der Waals surface area contributed by atoms with Gasteiger partial charge in [0.2, 0.25) is 0 Å². The third-order valence-corrected chi connectivity index (χ3v) is 7.08. The molecule has 0 spiro atoms. The molecular formula is C21H26N2O3. The Bertz CT molecular complexity index is 858. The molecule has 1 aromatic heterocycles. The number of carbonyl (C=O) groups excluding carboxylic acids is 1. The first kappa shape index (κ1) is 16.2. The van der Waals surface area contributed by atoms with Crippen molar-refractivity contribution in [2.24, 2.45) is 17.8 Å². The summed E-state index contributed by atoms with van der Waals surface area (Å²) < 4.78 is 6.52. The fourth-order valence-electron chi connectivity index (χ4n) is 5.92. The first-order valence-corrected chi connectivity index (χ1v) is 9.82. The average molecular weight is 354 g/mol. The van der Waals surface area contributed by atoms with Gasteiger partial charge in [-0.1, -0.05) is 24.6 Å². The molecular weight excluding hydrogens is 328 g/mol. The molecule has 1 saturated heterocycles. The van der Waals surface area contributed by atoms with E-state index in [1.165, 1.54) is 29.2 Å². The Balaban J connectivity index is 1.55. The lowest BCUT2D eigenvalue weighted by Gasteiger charge is -2.50. The first-order chi connectivity index (χ1) is 12.7. The number of hydrogen-bond donors (Lipinski definition) is 1. The number of fused-ring (bicyclic) bond motifs is 6. The van der Waals surface area contributed by atoms with Crippen LogP contribution in [0.15, 0.2) is 24.3 Å². The lowest BCUT2D eigenvalue weighted by Crippen LogP contribution is -2.50. The van der Waals surface area contributed by atoms with Gasteiger partial charge in [0.1, 0.15) is 0 Å². The maximum absolute atomic E-state index is 12.3. The summed E-state index contributed by atoms with van der Waals surface area (Å²) in [6.45, 7) is 2.07. The highest BCUT2D eigenvalue weighted by molar-refractivity contribution is 5.85. The molecule has 3 heterocycles. The van der Waals surface area contributed by atoms with Crippen LogP contribution in [0.1, 0.15) is 43.0 Å². The van der Waals surface area contributed by atoms with E-state index in [-0.39, 0.29) is 17.9 Å². The number of esters is 1. The topological polar surface area (TPSA) is 54.7 Å².